The zero-order chi connectivity index (χ0) is 21.5. The Morgan fingerprint density at radius 3 is 2.19 bits per heavy atom. The van der Waals surface area contributed by atoms with Crippen LogP contribution in [0.15, 0.2) is 91.0 Å². The standard InChI is InChI=1S/C26H26N4O.ClH/c1-20-11-9-10-16-24(20)28-26-27-22(19-31-18-21-12-5-3-6-13-21)17-25(29-26)30(2)23-14-7-4-8-15-23;/h3-17H,18-19H2,1-2H3,(H,27,28,29);1H. The molecule has 0 unspecified atom stereocenters. The summed E-state index contributed by atoms with van der Waals surface area (Å²) in [4.78, 5) is 11.5. The Balaban J connectivity index is 0.00000289. The predicted octanol–water partition coefficient (Wildman–Crippen LogP) is 6.44. The van der Waals surface area contributed by atoms with Gasteiger partial charge in [0.1, 0.15) is 5.82 Å². The van der Waals surface area contributed by atoms with Crippen LogP contribution in [0.1, 0.15) is 16.8 Å². The van der Waals surface area contributed by atoms with E-state index in [-0.39, 0.29) is 12.4 Å². The zero-order valence-corrected chi connectivity index (χ0v) is 19.0. The van der Waals surface area contributed by atoms with Gasteiger partial charge in [-0.3, -0.25) is 0 Å². The number of anilines is 4. The van der Waals surface area contributed by atoms with E-state index in [1.165, 1.54) is 0 Å². The molecule has 164 valence electrons. The van der Waals surface area contributed by atoms with Crippen LogP contribution in [0.3, 0.4) is 0 Å². The molecule has 1 heterocycles. The maximum absolute atomic E-state index is 5.94. The molecule has 0 aliphatic rings. The van der Waals surface area contributed by atoms with Crippen LogP contribution in [0.25, 0.3) is 0 Å². The molecule has 5 nitrogen and oxygen atoms in total. The quantitative estimate of drug-likeness (QED) is 0.337. The zero-order valence-electron chi connectivity index (χ0n) is 18.2. The lowest BCUT2D eigenvalue weighted by Gasteiger charge is -2.20. The summed E-state index contributed by atoms with van der Waals surface area (Å²) < 4.78 is 5.94. The van der Waals surface area contributed by atoms with Crippen molar-refractivity contribution < 1.29 is 4.74 Å². The number of aryl methyl sites for hydroxylation is 1. The Morgan fingerprint density at radius 2 is 1.47 bits per heavy atom. The van der Waals surface area contributed by atoms with Gasteiger partial charge in [0.2, 0.25) is 5.95 Å². The van der Waals surface area contributed by atoms with Gasteiger partial charge in [-0.1, -0.05) is 66.7 Å². The summed E-state index contributed by atoms with van der Waals surface area (Å²) in [6.07, 6.45) is 0. The van der Waals surface area contributed by atoms with Crippen molar-refractivity contribution >= 4 is 35.5 Å². The van der Waals surface area contributed by atoms with E-state index in [4.69, 9.17) is 14.7 Å². The summed E-state index contributed by atoms with van der Waals surface area (Å²) in [5, 5.41) is 3.36. The van der Waals surface area contributed by atoms with Gasteiger partial charge in [-0.25, -0.2) is 4.98 Å². The highest BCUT2D eigenvalue weighted by Crippen LogP contribution is 2.25. The van der Waals surface area contributed by atoms with Gasteiger partial charge < -0.3 is 15.0 Å². The molecule has 6 heteroatoms. The van der Waals surface area contributed by atoms with E-state index in [0.29, 0.717) is 19.2 Å². The first kappa shape index (κ1) is 23.3. The Labute approximate surface area is 195 Å². The highest BCUT2D eigenvalue weighted by molar-refractivity contribution is 5.85. The molecular formula is C26H27ClN4O. The van der Waals surface area contributed by atoms with Crippen molar-refractivity contribution in [2.45, 2.75) is 20.1 Å². The number of nitrogens with zero attached hydrogens (tertiary/aromatic N) is 3. The third-order valence-electron chi connectivity index (χ3n) is 5.01. The van der Waals surface area contributed by atoms with Crippen molar-refractivity contribution in [3.05, 3.63) is 108 Å². The number of ether oxygens (including phenoxy) is 1. The molecule has 0 fully saturated rings. The van der Waals surface area contributed by atoms with Crippen molar-refractivity contribution in [1.29, 1.82) is 0 Å². The molecule has 1 N–H and O–H groups in total. The fourth-order valence-corrected chi connectivity index (χ4v) is 3.25. The number of hydrogen-bond acceptors (Lipinski definition) is 5. The lowest BCUT2D eigenvalue weighted by atomic mass is 10.2. The summed E-state index contributed by atoms with van der Waals surface area (Å²) in [7, 11) is 2.00. The molecule has 0 aliphatic heterocycles. The van der Waals surface area contributed by atoms with Gasteiger partial charge in [0, 0.05) is 24.5 Å². The first-order chi connectivity index (χ1) is 15.2. The minimum absolute atomic E-state index is 0. The summed E-state index contributed by atoms with van der Waals surface area (Å²) in [5.74, 6) is 1.35. The predicted molar refractivity (Wildman–Crippen MR) is 133 cm³/mol. The molecule has 0 spiro atoms. The van der Waals surface area contributed by atoms with E-state index in [1.54, 1.807) is 0 Å². The molecule has 1 aromatic heterocycles. The van der Waals surface area contributed by atoms with Gasteiger partial charge in [-0.2, -0.15) is 4.98 Å². The van der Waals surface area contributed by atoms with Crippen LogP contribution in [0.5, 0.6) is 0 Å². The van der Waals surface area contributed by atoms with Crippen molar-refractivity contribution in [3.8, 4) is 0 Å². The maximum Gasteiger partial charge on any atom is 0.229 e. The average Bonchev–Trinajstić information content (AvgIpc) is 2.81. The molecule has 0 aliphatic carbocycles. The van der Waals surface area contributed by atoms with Crippen LogP contribution in [0.4, 0.5) is 23.1 Å². The SMILES string of the molecule is Cc1ccccc1Nc1nc(COCc2ccccc2)cc(N(C)c2ccccc2)n1.Cl. The van der Waals surface area contributed by atoms with E-state index in [2.05, 4.69) is 42.6 Å². The second kappa shape index (κ2) is 11.3. The number of nitrogens with one attached hydrogen (secondary N) is 1. The molecule has 0 saturated heterocycles. The minimum Gasteiger partial charge on any atom is -0.370 e. The maximum atomic E-state index is 5.94. The van der Waals surface area contributed by atoms with E-state index in [1.807, 2.05) is 72.6 Å². The largest absolute Gasteiger partial charge is 0.370 e. The molecule has 0 saturated carbocycles. The Kier molecular flexibility index (Phi) is 8.20. The topological polar surface area (TPSA) is 50.3 Å². The van der Waals surface area contributed by atoms with E-state index in [0.717, 1.165) is 34.0 Å². The molecule has 4 aromatic rings. The Morgan fingerprint density at radius 1 is 0.812 bits per heavy atom. The van der Waals surface area contributed by atoms with Gasteiger partial charge in [0.05, 0.1) is 18.9 Å². The van der Waals surface area contributed by atoms with E-state index in [9.17, 15) is 0 Å². The second-order valence-electron chi connectivity index (χ2n) is 7.35. The number of halogens is 1. The van der Waals surface area contributed by atoms with E-state index < -0.39 is 0 Å². The molecule has 4 rings (SSSR count). The summed E-state index contributed by atoms with van der Waals surface area (Å²) in [6, 6.07) is 30.4. The monoisotopic (exact) mass is 446 g/mol. The fourth-order valence-electron chi connectivity index (χ4n) is 3.25. The molecule has 0 amide bonds. The fraction of sp³-hybridized carbons (Fsp3) is 0.154. The number of benzene rings is 3. The summed E-state index contributed by atoms with van der Waals surface area (Å²) >= 11 is 0. The molecule has 3 aromatic carbocycles. The van der Waals surface area contributed by atoms with Gasteiger partial charge >= 0.3 is 0 Å². The van der Waals surface area contributed by atoms with Gasteiger partial charge in [0.25, 0.3) is 0 Å². The molecule has 0 radical (unpaired) electrons. The lowest BCUT2D eigenvalue weighted by Crippen LogP contribution is -2.14. The van der Waals surface area contributed by atoms with Gasteiger partial charge in [0.15, 0.2) is 0 Å². The molecule has 0 atom stereocenters. The Bertz CT molecular complexity index is 1120. The van der Waals surface area contributed by atoms with Crippen LogP contribution >= 0.6 is 12.4 Å². The van der Waals surface area contributed by atoms with Crippen molar-refractivity contribution in [2.75, 3.05) is 17.3 Å². The van der Waals surface area contributed by atoms with Crippen LogP contribution in [-0.2, 0) is 18.0 Å². The van der Waals surface area contributed by atoms with Crippen LogP contribution in [-0.4, -0.2) is 17.0 Å². The normalized spacial score (nSPS) is 10.3. The van der Waals surface area contributed by atoms with Crippen molar-refractivity contribution in [3.63, 3.8) is 0 Å². The third-order valence-corrected chi connectivity index (χ3v) is 5.01. The minimum atomic E-state index is 0. The Hall–Kier alpha value is -3.41. The number of hydrogen-bond donors (Lipinski definition) is 1. The lowest BCUT2D eigenvalue weighted by molar-refractivity contribution is 0.104. The van der Waals surface area contributed by atoms with E-state index >= 15 is 0 Å². The number of rotatable bonds is 8. The smallest absolute Gasteiger partial charge is 0.229 e. The third kappa shape index (κ3) is 6.06. The summed E-state index contributed by atoms with van der Waals surface area (Å²) in [6.45, 7) is 3.00. The highest BCUT2D eigenvalue weighted by Gasteiger charge is 2.11. The molecular weight excluding hydrogens is 420 g/mol. The number of aromatic nitrogens is 2. The number of para-hydroxylation sites is 2. The van der Waals surface area contributed by atoms with Crippen LogP contribution in [0.2, 0.25) is 0 Å². The van der Waals surface area contributed by atoms with Crippen molar-refractivity contribution in [1.82, 2.24) is 9.97 Å². The van der Waals surface area contributed by atoms with Gasteiger partial charge in [-0.05, 0) is 36.2 Å². The van der Waals surface area contributed by atoms with Gasteiger partial charge in [-0.15, -0.1) is 12.4 Å². The second-order valence-corrected chi connectivity index (χ2v) is 7.35. The first-order valence-corrected chi connectivity index (χ1v) is 10.3. The highest BCUT2D eigenvalue weighted by atomic mass is 35.5. The first-order valence-electron chi connectivity index (χ1n) is 10.3. The average molecular weight is 447 g/mol. The molecule has 32 heavy (non-hydrogen) atoms. The summed E-state index contributed by atoms with van der Waals surface area (Å²) in [5.41, 5.74) is 5.13. The van der Waals surface area contributed by atoms with Crippen molar-refractivity contribution in [2.24, 2.45) is 0 Å². The van der Waals surface area contributed by atoms with Crippen LogP contribution in [0, 0.1) is 6.92 Å². The van der Waals surface area contributed by atoms with Crippen LogP contribution < -0.4 is 10.2 Å². The molecule has 0 bridgehead atoms.